The zero-order chi connectivity index (χ0) is 19.7. The number of rotatable bonds is 3. The molecule has 1 aromatic carbocycles. The van der Waals surface area contributed by atoms with E-state index in [2.05, 4.69) is 21.2 Å². The average Bonchev–Trinajstić information content (AvgIpc) is 3.15. The van der Waals surface area contributed by atoms with E-state index < -0.39 is 6.04 Å². The Hall–Kier alpha value is -2.16. The van der Waals surface area contributed by atoms with Crippen LogP contribution in [0.25, 0.3) is 0 Å². The van der Waals surface area contributed by atoms with Gasteiger partial charge in [0.05, 0.1) is 30.5 Å². The van der Waals surface area contributed by atoms with Gasteiger partial charge >= 0.3 is 6.03 Å². The van der Waals surface area contributed by atoms with Gasteiger partial charge in [-0.25, -0.2) is 4.79 Å². The number of halogens is 1. The van der Waals surface area contributed by atoms with Crippen molar-refractivity contribution in [3.05, 3.63) is 62.4 Å². The number of thiophene rings is 1. The molecule has 1 aromatic heterocycles. The normalized spacial score (nSPS) is 20.4. The van der Waals surface area contributed by atoms with Gasteiger partial charge in [0, 0.05) is 33.5 Å². The summed E-state index contributed by atoms with van der Waals surface area (Å²) in [4.78, 5) is 30.7. The Kier molecular flexibility index (Phi) is 5.52. The van der Waals surface area contributed by atoms with Crippen molar-refractivity contribution in [2.24, 2.45) is 0 Å². The van der Waals surface area contributed by atoms with Crippen LogP contribution in [0.15, 0.2) is 57.5 Å². The summed E-state index contributed by atoms with van der Waals surface area (Å²) >= 11 is 4.99. The molecule has 8 heteroatoms. The van der Waals surface area contributed by atoms with Crippen molar-refractivity contribution in [2.75, 3.05) is 31.2 Å². The van der Waals surface area contributed by atoms with Gasteiger partial charge in [0.2, 0.25) is 0 Å². The maximum absolute atomic E-state index is 13.5. The molecule has 0 saturated carbocycles. The van der Waals surface area contributed by atoms with E-state index >= 15 is 0 Å². The number of carbonyl (C=O) groups is 2. The van der Waals surface area contributed by atoms with Crippen molar-refractivity contribution in [1.29, 1.82) is 0 Å². The van der Waals surface area contributed by atoms with Crippen LogP contribution in [0.5, 0.6) is 0 Å². The molecule has 1 fully saturated rings. The number of morpholine rings is 1. The van der Waals surface area contributed by atoms with Crippen molar-refractivity contribution in [3.8, 4) is 0 Å². The summed E-state index contributed by atoms with van der Waals surface area (Å²) < 4.78 is 6.33. The van der Waals surface area contributed by atoms with Gasteiger partial charge in [-0.3, -0.25) is 9.69 Å². The van der Waals surface area contributed by atoms with Crippen LogP contribution in [-0.4, -0.2) is 43.1 Å². The molecule has 1 saturated heterocycles. The van der Waals surface area contributed by atoms with Crippen molar-refractivity contribution in [2.45, 2.75) is 13.0 Å². The molecule has 1 N–H and O–H groups in total. The van der Waals surface area contributed by atoms with Crippen LogP contribution in [0.2, 0.25) is 0 Å². The van der Waals surface area contributed by atoms with Crippen LogP contribution in [-0.2, 0) is 9.53 Å². The second-order valence-electron chi connectivity index (χ2n) is 6.62. The lowest BCUT2D eigenvalue weighted by atomic mass is 9.98. The monoisotopic (exact) mass is 461 g/mol. The van der Waals surface area contributed by atoms with E-state index in [1.165, 1.54) is 11.3 Å². The third-order valence-corrected chi connectivity index (χ3v) is 6.66. The van der Waals surface area contributed by atoms with Crippen LogP contribution < -0.4 is 10.2 Å². The molecule has 6 nitrogen and oxygen atoms in total. The molecule has 28 heavy (non-hydrogen) atoms. The fourth-order valence-corrected chi connectivity index (χ4v) is 5.04. The minimum Gasteiger partial charge on any atom is -0.378 e. The first-order chi connectivity index (χ1) is 13.6. The number of nitrogens with zero attached hydrogens (tertiary/aromatic N) is 2. The van der Waals surface area contributed by atoms with E-state index in [0.717, 1.165) is 15.0 Å². The fraction of sp³-hybridized carbons (Fsp3) is 0.300. The minimum absolute atomic E-state index is 0.0590. The van der Waals surface area contributed by atoms with Crippen molar-refractivity contribution >= 4 is 44.9 Å². The highest BCUT2D eigenvalue weighted by Gasteiger charge is 2.38. The first-order valence-electron chi connectivity index (χ1n) is 9.03. The number of carbonyl (C=O) groups excluding carboxylic acids is 2. The van der Waals surface area contributed by atoms with E-state index in [9.17, 15) is 9.59 Å². The van der Waals surface area contributed by atoms with E-state index in [1.807, 2.05) is 48.7 Å². The number of urea groups is 1. The van der Waals surface area contributed by atoms with E-state index in [1.54, 1.807) is 9.80 Å². The fourth-order valence-electron chi connectivity index (χ4n) is 3.54. The number of allylic oxidation sites excluding steroid dienone is 1. The highest BCUT2D eigenvalue weighted by molar-refractivity contribution is 9.10. The smallest absolute Gasteiger partial charge is 0.327 e. The quantitative estimate of drug-likeness (QED) is 0.753. The molecule has 2 aromatic rings. The van der Waals surface area contributed by atoms with Crippen LogP contribution >= 0.6 is 27.3 Å². The lowest BCUT2D eigenvalue weighted by Gasteiger charge is -2.37. The number of hydrogen-bond acceptors (Lipinski definition) is 4. The second kappa shape index (κ2) is 8.06. The third-order valence-electron chi connectivity index (χ3n) is 4.90. The molecule has 0 aliphatic carbocycles. The van der Waals surface area contributed by atoms with Gasteiger partial charge in [-0.05, 0) is 41.1 Å². The molecule has 2 aliphatic rings. The standard InChI is InChI=1S/C20H20BrN3O3S/c1-13-17(19(25)23-7-9-27-10-8-23)18(16-11-14(21)12-28-16)22-20(26)24(13)15-5-3-2-4-6-15/h2-6,11-12,18H,7-10H2,1H3,(H,22,26)/t18-/m1/s1. The highest BCUT2D eigenvalue weighted by Crippen LogP contribution is 2.37. The topological polar surface area (TPSA) is 61.9 Å². The maximum Gasteiger partial charge on any atom is 0.327 e. The Bertz CT molecular complexity index is 922. The molecule has 3 amide bonds. The van der Waals surface area contributed by atoms with Gasteiger partial charge in [-0.2, -0.15) is 0 Å². The van der Waals surface area contributed by atoms with Gasteiger partial charge < -0.3 is 15.0 Å². The van der Waals surface area contributed by atoms with Crippen molar-refractivity contribution in [3.63, 3.8) is 0 Å². The molecule has 2 aliphatic heterocycles. The molecule has 0 radical (unpaired) electrons. The number of benzene rings is 1. The van der Waals surface area contributed by atoms with Crippen LogP contribution in [0.4, 0.5) is 10.5 Å². The molecule has 1 atom stereocenters. The first-order valence-corrected chi connectivity index (χ1v) is 10.7. The third kappa shape index (κ3) is 3.59. The molecule has 0 unspecified atom stereocenters. The Morgan fingerprint density at radius 2 is 1.96 bits per heavy atom. The first kappa shape index (κ1) is 19.2. The molecule has 0 spiro atoms. The molecular formula is C20H20BrN3O3S. The molecule has 3 heterocycles. The Balaban J connectivity index is 1.80. The summed E-state index contributed by atoms with van der Waals surface area (Å²) in [6.45, 7) is 4.00. The van der Waals surface area contributed by atoms with Crippen LogP contribution in [0.1, 0.15) is 17.8 Å². The Morgan fingerprint density at radius 1 is 1.25 bits per heavy atom. The van der Waals surface area contributed by atoms with Crippen molar-refractivity contribution < 1.29 is 14.3 Å². The number of para-hydroxylation sites is 1. The van der Waals surface area contributed by atoms with Gasteiger partial charge in [0.15, 0.2) is 0 Å². The second-order valence-corrected chi connectivity index (χ2v) is 8.48. The summed E-state index contributed by atoms with van der Waals surface area (Å²) in [5.74, 6) is -0.0590. The van der Waals surface area contributed by atoms with Gasteiger partial charge in [0.1, 0.15) is 0 Å². The predicted molar refractivity (Wildman–Crippen MR) is 112 cm³/mol. The zero-order valence-electron chi connectivity index (χ0n) is 15.4. The Morgan fingerprint density at radius 3 is 2.61 bits per heavy atom. The van der Waals surface area contributed by atoms with Gasteiger partial charge in [0.25, 0.3) is 5.91 Å². The summed E-state index contributed by atoms with van der Waals surface area (Å²) in [6.07, 6.45) is 0. The van der Waals surface area contributed by atoms with Crippen LogP contribution in [0, 0.1) is 0 Å². The minimum atomic E-state index is -0.473. The van der Waals surface area contributed by atoms with Crippen molar-refractivity contribution in [1.82, 2.24) is 10.2 Å². The lowest BCUT2D eigenvalue weighted by molar-refractivity contribution is -0.131. The molecule has 0 bridgehead atoms. The number of hydrogen-bond donors (Lipinski definition) is 1. The van der Waals surface area contributed by atoms with E-state index in [-0.39, 0.29) is 11.9 Å². The Labute approximate surface area is 175 Å². The summed E-state index contributed by atoms with van der Waals surface area (Å²) in [5, 5.41) is 4.99. The maximum atomic E-state index is 13.5. The molecule has 4 rings (SSSR count). The number of ether oxygens (including phenoxy) is 1. The number of amides is 3. The highest BCUT2D eigenvalue weighted by atomic mass is 79.9. The predicted octanol–water partition coefficient (Wildman–Crippen LogP) is 3.91. The van der Waals surface area contributed by atoms with Gasteiger partial charge in [-0.1, -0.05) is 18.2 Å². The summed E-state index contributed by atoms with van der Waals surface area (Å²) in [5.41, 5.74) is 1.98. The zero-order valence-corrected chi connectivity index (χ0v) is 17.8. The molecular weight excluding hydrogens is 442 g/mol. The number of anilines is 1. The van der Waals surface area contributed by atoms with Gasteiger partial charge in [-0.15, -0.1) is 11.3 Å². The van der Waals surface area contributed by atoms with E-state index in [4.69, 9.17) is 4.74 Å². The van der Waals surface area contributed by atoms with Crippen LogP contribution in [0.3, 0.4) is 0 Å². The largest absolute Gasteiger partial charge is 0.378 e. The molecule has 146 valence electrons. The average molecular weight is 462 g/mol. The SMILES string of the molecule is CC1=C(C(=O)N2CCOCC2)[C@@H](c2cc(Br)cs2)NC(=O)N1c1ccccc1. The van der Waals surface area contributed by atoms with E-state index in [0.29, 0.717) is 37.6 Å². The summed E-state index contributed by atoms with van der Waals surface area (Å²) in [7, 11) is 0. The summed E-state index contributed by atoms with van der Waals surface area (Å²) in [6, 6.07) is 10.6. The number of nitrogens with one attached hydrogen (secondary N) is 1. The lowest BCUT2D eigenvalue weighted by Crippen LogP contribution is -2.51.